The van der Waals surface area contributed by atoms with Gasteiger partial charge in [-0.15, -0.1) is 0 Å². The van der Waals surface area contributed by atoms with E-state index in [9.17, 15) is 9.59 Å². The van der Waals surface area contributed by atoms with E-state index in [-0.39, 0.29) is 19.0 Å². The average Bonchev–Trinajstić information content (AvgIpc) is 2.35. The van der Waals surface area contributed by atoms with Gasteiger partial charge >= 0.3 is 6.03 Å². The summed E-state index contributed by atoms with van der Waals surface area (Å²) in [4.78, 5) is 22.4. The maximum absolute atomic E-state index is 11.9. The van der Waals surface area contributed by atoms with E-state index in [0.29, 0.717) is 0 Å². The molecule has 1 atom stereocenters. The Labute approximate surface area is 106 Å². The molecule has 6 nitrogen and oxygen atoms in total. The molecule has 0 saturated heterocycles. The van der Waals surface area contributed by atoms with Crippen molar-refractivity contribution in [3.8, 4) is 0 Å². The molecule has 18 heavy (non-hydrogen) atoms. The average molecular weight is 250 g/mol. The Morgan fingerprint density at radius 1 is 1.17 bits per heavy atom. The molecule has 0 aliphatic carbocycles. The molecule has 1 unspecified atom stereocenters. The zero-order valence-corrected chi connectivity index (χ0v) is 10.3. The zero-order chi connectivity index (χ0) is 13.6. The molecule has 1 aromatic carbocycles. The van der Waals surface area contributed by atoms with Crippen molar-refractivity contribution in [3.63, 3.8) is 0 Å². The van der Waals surface area contributed by atoms with Crippen molar-refractivity contribution < 1.29 is 9.59 Å². The molecule has 1 aromatic rings. The third-order valence-corrected chi connectivity index (χ3v) is 2.55. The fourth-order valence-electron chi connectivity index (χ4n) is 1.46. The lowest BCUT2D eigenvalue weighted by atomic mass is 9.92. The van der Waals surface area contributed by atoms with Gasteiger partial charge in [-0.2, -0.15) is 0 Å². The summed E-state index contributed by atoms with van der Waals surface area (Å²) in [6.45, 7) is 2.19. The lowest BCUT2D eigenvalue weighted by Crippen LogP contribution is -2.50. The third kappa shape index (κ3) is 3.74. The summed E-state index contributed by atoms with van der Waals surface area (Å²) in [5.74, 6) is -0.306. The maximum Gasteiger partial charge on any atom is 0.312 e. The SMILES string of the molecule is CC(N)(C(=O)NCCNC(N)=O)c1ccccc1. The van der Waals surface area contributed by atoms with Gasteiger partial charge in [-0.3, -0.25) is 4.79 Å². The third-order valence-electron chi connectivity index (χ3n) is 2.55. The molecule has 0 radical (unpaired) electrons. The first-order chi connectivity index (χ1) is 8.44. The van der Waals surface area contributed by atoms with E-state index in [0.717, 1.165) is 5.56 Å². The molecule has 98 valence electrons. The van der Waals surface area contributed by atoms with Crippen LogP contribution in [-0.2, 0) is 10.3 Å². The molecule has 6 heteroatoms. The summed E-state index contributed by atoms with van der Waals surface area (Å²) in [7, 11) is 0. The van der Waals surface area contributed by atoms with Gasteiger partial charge < -0.3 is 22.1 Å². The number of benzene rings is 1. The fourth-order valence-corrected chi connectivity index (χ4v) is 1.46. The summed E-state index contributed by atoms with van der Waals surface area (Å²) in [6, 6.07) is 8.46. The predicted octanol–water partition coefficient (Wildman–Crippen LogP) is -0.355. The van der Waals surface area contributed by atoms with Crippen molar-refractivity contribution in [2.45, 2.75) is 12.5 Å². The van der Waals surface area contributed by atoms with Gasteiger partial charge in [0.2, 0.25) is 5.91 Å². The summed E-state index contributed by atoms with van der Waals surface area (Å²) in [6.07, 6.45) is 0. The van der Waals surface area contributed by atoms with Crippen LogP contribution in [0.3, 0.4) is 0 Å². The number of nitrogens with two attached hydrogens (primary N) is 2. The lowest BCUT2D eigenvalue weighted by Gasteiger charge is -2.24. The molecule has 0 spiro atoms. The molecular formula is C12H18N4O2. The molecule has 0 aliphatic rings. The predicted molar refractivity (Wildman–Crippen MR) is 68.6 cm³/mol. The quantitative estimate of drug-likeness (QED) is 0.536. The molecule has 3 amide bonds. The first-order valence-corrected chi connectivity index (χ1v) is 5.60. The Hall–Kier alpha value is -2.08. The molecular weight excluding hydrogens is 232 g/mol. The lowest BCUT2D eigenvalue weighted by molar-refractivity contribution is -0.126. The van der Waals surface area contributed by atoms with E-state index in [2.05, 4.69) is 10.6 Å². The summed E-state index contributed by atoms with van der Waals surface area (Å²) >= 11 is 0. The highest BCUT2D eigenvalue weighted by atomic mass is 16.2. The summed E-state index contributed by atoms with van der Waals surface area (Å²) in [5, 5.41) is 5.02. The Bertz CT molecular complexity index is 417. The Morgan fingerprint density at radius 3 is 2.28 bits per heavy atom. The molecule has 0 heterocycles. The van der Waals surface area contributed by atoms with Crippen LogP contribution in [0.2, 0.25) is 0 Å². The van der Waals surface area contributed by atoms with Crippen LogP contribution < -0.4 is 22.1 Å². The number of hydrogen-bond acceptors (Lipinski definition) is 3. The second-order valence-electron chi connectivity index (χ2n) is 4.12. The number of rotatable bonds is 5. The smallest absolute Gasteiger partial charge is 0.312 e. The van der Waals surface area contributed by atoms with E-state index >= 15 is 0 Å². The van der Waals surface area contributed by atoms with Crippen molar-refractivity contribution in [1.29, 1.82) is 0 Å². The molecule has 1 rings (SSSR count). The maximum atomic E-state index is 11.9. The van der Waals surface area contributed by atoms with E-state index in [1.807, 2.05) is 18.2 Å². The minimum absolute atomic E-state index is 0.270. The number of primary amides is 1. The highest BCUT2D eigenvalue weighted by Gasteiger charge is 2.29. The van der Waals surface area contributed by atoms with E-state index < -0.39 is 11.6 Å². The van der Waals surface area contributed by atoms with Crippen molar-refractivity contribution >= 4 is 11.9 Å². The second kappa shape index (κ2) is 6.02. The van der Waals surface area contributed by atoms with Gasteiger partial charge in [-0.1, -0.05) is 30.3 Å². The van der Waals surface area contributed by atoms with Crippen LogP contribution in [-0.4, -0.2) is 25.0 Å². The Kier molecular flexibility index (Phi) is 4.67. The fraction of sp³-hybridized carbons (Fsp3) is 0.333. The van der Waals surface area contributed by atoms with Crippen molar-refractivity contribution in [2.75, 3.05) is 13.1 Å². The minimum Gasteiger partial charge on any atom is -0.352 e. The van der Waals surface area contributed by atoms with Gasteiger partial charge in [0.15, 0.2) is 0 Å². The van der Waals surface area contributed by atoms with Gasteiger partial charge in [0, 0.05) is 13.1 Å². The molecule has 0 fully saturated rings. The van der Waals surface area contributed by atoms with Crippen LogP contribution >= 0.6 is 0 Å². The van der Waals surface area contributed by atoms with E-state index in [4.69, 9.17) is 11.5 Å². The van der Waals surface area contributed by atoms with Gasteiger partial charge in [0.05, 0.1) is 0 Å². The summed E-state index contributed by atoms with van der Waals surface area (Å²) in [5.41, 5.74) is 10.5. The van der Waals surface area contributed by atoms with Gasteiger partial charge in [0.25, 0.3) is 0 Å². The Morgan fingerprint density at radius 2 is 1.72 bits per heavy atom. The van der Waals surface area contributed by atoms with Crippen LogP contribution in [0.5, 0.6) is 0 Å². The van der Waals surface area contributed by atoms with Crippen LogP contribution in [0.15, 0.2) is 30.3 Å². The second-order valence-corrected chi connectivity index (χ2v) is 4.12. The Balaban J connectivity index is 2.52. The monoisotopic (exact) mass is 250 g/mol. The number of nitrogens with one attached hydrogen (secondary N) is 2. The van der Waals surface area contributed by atoms with E-state index in [1.54, 1.807) is 19.1 Å². The van der Waals surface area contributed by atoms with Crippen molar-refractivity contribution in [3.05, 3.63) is 35.9 Å². The van der Waals surface area contributed by atoms with Gasteiger partial charge in [-0.25, -0.2) is 4.79 Å². The van der Waals surface area contributed by atoms with Crippen molar-refractivity contribution in [1.82, 2.24) is 10.6 Å². The molecule has 0 bridgehead atoms. The van der Waals surface area contributed by atoms with Crippen LogP contribution in [0.1, 0.15) is 12.5 Å². The zero-order valence-electron chi connectivity index (χ0n) is 10.3. The number of urea groups is 1. The largest absolute Gasteiger partial charge is 0.352 e. The molecule has 0 aromatic heterocycles. The standard InChI is InChI=1S/C12H18N4O2/c1-12(14,9-5-3-2-4-6-9)10(17)15-7-8-16-11(13)18/h2-6H,7-8,14H2,1H3,(H,15,17)(H3,13,16,18). The molecule has 0 saturated carbocycles. The van der Waals surface area contributed by atoms with Gasteiger partial charge in [0.1, 0.15) is 5.54 Å². The van der Waals surface area contributed by atoms with Crippen LogP contribution in [0.25, 0.3) is 0 Å². The first-order valence-electron chi connectivity index (χ1n) is 5.60. The number of carbonyl (C=O) groups excluding carboxylic acids is 2. The number of hydrogen-bond donors (Lipinski definition) is 4. The summed E-state index contributed by atoms with van der Waals surface area (Å²) < 4.78 is 0. The molecule has 0 aliphatic heterocycles. The number of carbonyl (C=O) groups is 2. The minimum atomic E-state index is -1.10. The van der Waals surface area contributed by atoms with E-state index in [1.165, 1.54) is 0 Å². The topological polar surface area (TPSA) is 110 Å². The molecule has 6 N–H and O–H groups in total. The van der Waals surface area contributed by atoms with Crippen LogP contribution in [0.4, 0.5) is 4.79 Å². The number of amides is 3. The first kappa shape index (κ1) is 14.0. The normalized spacial score (nSPS) is 13.4. The van der Waals surface area contributed by atoms with Gasteiger partial charge in [-0.05, 0) is 12.5 Å². The highest BCUT2D eigenvalue weighted by molar-refractivity contribution is 5.87. The van der Waals surface area contributed by atoms with Crippen molar-refractivity contribution in [2.24, 2.45) is 11.5 Å². The van der Waals surface area contributed by atoms with Crippen LogP contribution in [0, 0.1) is 0 Å². The highest BCUT2D eigenvalue weighted by Crippen LogP contribution is 2.16.